The van der Waals surface area contributed by atoms with E-state index in [-0.39, 0.29) is 5.91 Å². The lowest BCUT2D eigenvalue weighted by atomic mass is 10.0. The quantitative estimate of drug-likeness (QED) is 0.859. The van der Waals surface area contributed by atoms with Crippen molar-refractivity contribution in [1.82, 2.24) is 24.1 Å². The Kier molecular flexibility index (Phi) is 3.92. The third-order valence-electron chi connectivity index (χ3n) is 5.35. The summed E-state index contributed by atoms with van der Waals surface area (Å²) in [5.74, 6) is 0.107. The lowest BCUT2D eigenvalue weighted by Crippen LogP contribution is -2.37. The van der Waals surface area contributed by atoms with E-state index < -0.39 is 0 Å². The summed E-state index contributed by atoms with van der Waals surface area (Å²) in [5.41, 5.74) is 4.51. The van der Waals surface area contributed by atoms with Crippen LogP contribution in [-0.4, -0.2) is 49.7 Å². The van der Waals surface area contributed by atoms with Crippen LogP contribution in [0.3, 0.4) is 0 Å². The molecule has 0 bridgehead atoms. The first kappa shape index (κ1) is 15.4. The second-order valence-electron chi connectivity index (χ2n) is 6.96. The van der Waals surface area contributed by atoms with E-state index in [1.807, 2.05) is 46.6 Å². The first-order chi connectivity index (χ1) is 11.6. The number of aryl methyl sites for hydroxylation is 2. The third kappa shape index (κ3) is 2.65. The summed E-state index contributed by atoms with van der Waals surface area (Å²) in [6.07, 6.45) is 5.42. The fraction of sp³-hybridized carbons (Fsp3) is 0.556. The van der Waals surface area contributed by atoms with Gasteiger partial charge in [-0.25, -0.2) is 0 Å². The molecule has 24 heavy (non-hydrogen) atoms. The van der Waals surface area contributed by atoms with E-state index in [4.69, 9.17) is 5.10 Å². The van der Waals surface area contributed by atoms with Gasteiger partial charge in [0.2, 0.25) is 0 Å². The fourth-order valence-electron chi connectivity index (χ4n) is 3.95. The van der Waals surface area contributed by atoms with Crippen molar-refractivity contribution >= 4 is 5.91 Å². The highest BCUT2D eigenvalue weighted by Gasteiger charge is 2.28. The van der Waals surface area contributed by atoms with Crippen molar-refractivity contribution in [3.8, 4) is 0 Å². The number of carbonyl (C=O) groups is 1. The SMILES string of the molecule is Cn1cccc1C(=O)N1CCc2c(CN3CCCC3)nn(C)c2C1. The van der Waals surface area contributed by atoms with Crippen LogP contribution < -0.4 is 0 Å². The van der Waals surface area contributed by atoms with Crippen molar-refractivity contribution in [2.45, 2.75) is 32.4 Å². The van der Waals surface area contributed by atoms with E-state index in [1.54, 1.807) is 0 Å². The van der Waals surface area contributed by atoms with E-state index in [0.717, 1.165) is 25.2 Å². The van der Waals surface area contributed by atoms with Gasteiger partial charge in [0.15, 0.2) is 0 Å². The van der Waals surface area contributed by atoms with Crippen LogP contribution in [0.5, 0.6) is 0 Å². The highest BCUT2D eigenvalue weighted by Crippen LogP contribution is 2.25. The number of hydrogen-bond donors (Lipinski definition) is 0. The summed E-state index contributed by atoms with van der Waals surface area (Å²) in [6.45, 7) is 4.75. The average molecular weight is 327 g/mol. The smallest absolute Gasteiger partial charge is 0.270 e. The van der Waals surface area contributed by atoms with E-state index in [2.05, 4.69) is 4.90 Å². The van der Waals surface area contributed by atoms with Crippen molar-refractivity contribution < 1.29 is 4.79 Å². The second-order valence-corrected chi connectivity index (χ2v) is 6.96. The van der Waals surface area contributed by atoms with Gasteiger partial charge in [-0.05, 0) is 44.5 Å². The zero-order valence-corrected chi connectivity index (χ0v) is 14.5. The van der Waals surface area contributed by atoms with Crippen LogP contribution in [0.2, 0.25) is 0 Å². The summed E-state index contributed by atoms with van der Waals surface area (Å²) >= 11 is 0. The van der Waals surface area contributed by atoms with Gasteiger partial charge in [0.05, 0.1) is 17.9 Å². The highest BCUT2D eigenvalue weighted by atomic mass is 16.2. The molecular formula is C18H25N5O. The lowest BCUT2D eigenvalue weighted by molar-refractivity contribution is 0.0720. The van der Waals surface area contributed by atoms with Crippen LogP contribution in [0.4, 0.5) is 0 Å². The van der Waals surface area contributed by atoms with Gasteiger partial charge in [0.25, 0.3) is 5.91 Å². The normalized spacial score (nSPS) is 18.2. The first-order valence-corrected chi connectivity index (χ1v) is 8.80. The molecular weight excluding hydrogens is 302 g/mol. The van der Waals surface area contributed by atoms with Gasteiger partial charge in [-0.2, -0.15) is 5.10 Å². The second kappa shape index (κ2) is 6.09. The minimum absolute atomic E-state index is 0.107. The molecule has 1 amide bonds. The Morgan fingerprint density at radius 3 is 2.71 bits per heavy atom. The molecule has 0 saturated carbocycles. The lowest BCUT2D eigenvalue weighted by Gasteiger charge is -2.28. The van der Waals surface area contributed by atoms with Gasteiger partial charge in [-0.3, -0.25) is 14.4 Å². The summed E-state index contributed by atoms with van der Waals surface area (Å²) in [4.78, 5) is 17.2. The molecule has 0 aromatic carbocycles. The molecule has 4 heterocycles. The first-order valence-electron chi connectivity index (χ1n) is 8.80. The molecule has 2 aliphatic heterocycles. The van der Waals surface area contributed by atoms with Crippen LogP contribution in [-0.2, 0) is 33.6 Å². The number of carbonyl (C=O) groups excluding carboxylic acids is 1. The molecule has 2 aromatic heterocycles. The van der Waals surface area contributed by atoms with Gasteiger partial charge >= 0.3 is 0 Å². The number of likely N-dealkylation sites (tertiary alicyclic amines) is 1. The van der Waals surface area contributed by atoms with Crippen LogP contribution in [0.15, 0.2) is 18.3 Å². The van der Waals surface area contributed by atoms with Gasteiger partial charge in [0.1, 0.15) is 5.69 Å². The van der Waals surface area contributed by atoms with E-state index in [9.17, 15) is 4.79 Å². The molecule has 0 aliphatic carbocycles. The summed E-state index contributed by atoms with van der Waals surface area (Å²) in [6, 6.07) is 3.81. The topological polar surface area (TPSA) is 46.3 Å². The van der Waals surface area contributed by atoms with Crippen LogP contribution in [0, 0.1) is 0 Å². The van der Waals surface area contributed by atoms with Gasteiger partial charge < -0.3 is 9.47 Å². The Morgan fingerprint density at radius 1 is 1.21 bits per heavy atom. The van der Waals surface area contributed by atoms with Gasteiger partial charge in [0, 0.05) is 38.9 Å². The van der Waals surface area contributed by atoms with Crippen molar-refractivity contribution in [3.63, 3.8) is 0 Å². The molecule has 1 saturated heterocycles. The predicted octanol–water partition coefficient (Wildman–Crippen LogP) is 1.55. The van der Waals surface area contributed by atoms with Crippen molar-refractivity contribution in [2.24, 2.45) is 14.1 Å². The molecule has 0 unspecified atom stereocenters. The molecule has 4 rings (SSSR count). The summed E-state index contributed by atoms with van der Waals surface area (Å²) in [5, 5.41) is 4.76. The van der Waals surface area contributed by atoms with E-state index in [1.165, 1.54) is 42.9 Å². The average Bonchev–Trinajstić information content (AvgIpc) is 3.30. The molecule has 0 spiro atoms. The molecule has 0 radical (unpaired) electrons. The maximum Gasteiger partial charge on any atom is 0.270 e. The highest BCUT2D eigenvalue weighted by molar-refractivity contribution is 5.92. The molecule has 1 fully saturated rings. The van der Waals surface area contributed by atoms with Gasteiger partial charge in [-0.1, -0.05) is 0 Å². The Morgan fingerprint density at radius 2 is 2.00 bits per heavy atom. The maximum atomic E-state index is 12.8. The standard InChI is InChI=1S/C18H25N5O/c1-20-8-5-6-16(20)18(24)23-11-7-14-15(12-22-9-3-4-10-22)19-21(2)17(14)13-23/h5-6,8H,3-4,7,9-13H2,1-2H3. The van der Waals surface area contributed by atoms with Crippen molar-refractivity contribution in [3.05, 3.63) is 41.0 Å². The zero-order valence-electron chi connectivity index (χ0n) is 14.5. The molecule has 0 atom stereocenters. The Balaban J connectivity index is 1.54. The van der Waals surface area contributed by atoms with Crippen LogP contribution in [0.25, 0.3) is 0 Å². The number of hydrogen-bond acceptors (Lipinski definition) is 3. The number of aromatic nitrogens is 3. The van der Waals surface area contributed by atoms with Gasteiger partial charge in [-0.15, -0.1) is 0 Å². The summed E-state index contributed by atoms with van der Waals surface area (Å²) in [7, 11) is 3.92. The summed E-state index contributed by atoms with van der Waals surface area (Å²) < 4.78 is 3.87. The number of fused-ring (bicyclic) bond motifs is 1. The van der Waals surface area contributed by atoms with Crippen LogP contribution >= 0.6 is 0 Å². The fourth-order valence-corrected chi connectivity index (χ4v) is 3.95. The molecule has 6 nitrogen and oxygen atoms in total. The van der Waals surface area contributed by atoms with Crippen LogP contribution in [0.1, 0.15) is 40.3 Å². The van der Waals surface area contributed by atoms with E-state index >= 15 is 0 Å². The molecule has 0 N–H and O–H groups in total. The van der Waals surface area contributed by atoms with Crippen molar-refractivity contribution in [2.75, 3.05) is 19.6 Å². The minimum Gasteiger partial charge on any atom is -0.347 e. The minimum atomic E-state index is 0.107. The maximum absolute atomic E-state index is 12.8. The van der Waals surface area contributed by atoms with Crippen molar-refractivity contribution in [1.29, 1.82) is 0 Å². The zero-order chi connectivity index (χ0) is 16.7. The number of rotatable bonds is 3. The molecule has 128 valence electrons. The molecule has 2 aromatic rings. The Labute approximate surface area is 142 Å². The number of nitrogens with zero attached hydrogens (tertiary/aromatic N) is 5. The largest absolute Gasteiger partial charge is 0.347 e. The Bertz CT molecular complexity index is 754. The predicted molar refractivity (Wildman–Crippen MR) is 91.6 cm³/mol. The molecule has 2 aliphatic rings. The molecule has 6 heteroatoms. The monoisotopic (exact) mass is 327 g/mol. The number of amides is 1. The van der Waals surface area contributed by atoms with E-state index in [0.29, 0.717) is 6.54 Å². The third-order valence-corrected chi connectivity index (χ3v) is 5.35. The Hall–Kier alpha value is -2.08.